The molecule has 2 bridgehead atoms. The molecule has 2 aliphatic rings. The zero-order valence-electron chi connectivity index (χ0n) is 10.3. The van der Waals surface area contributed by atoms with Gasteiger partial charge in [-0.3, -0.25) is 4.79 Å². The second kappa shape index (κ2) is 5.67. The number of amides is 1. The van der Waals surface area contributed by atoms with Gasteiger partial charge in [-0.25, -0.2) is 0 Å². The van der Waals surface area contributed by atoms with Crippen LogP contribution in [0.3, 0.4) is 0 Å². The Morgan fingerprint density at radius 2 is 2.00 bits per heavy atom. The number of thiocarbonyl (C=S) groups is 1. The van der Waals surface area contributed by atoms with Crippen LogP contribution in [-0.2, 0) is 4.79 Å². The van der Waals surface area contributed by atoms with Crippen molar-refractivity contribution >= 4 is 23.2 Å². The fourth-order valence-electron chi connectivity index (χ4n) is 3.06. The molecular formula is C12H21N3OS. The van der Waals surface area contributed by atoms with E-state index < -0.39 is 0 Å². The van der Waals surface area contributed by atoms with E-state index >= 15 is 0 Å². The molecule has 3 N–H and O–H groups in total. The molecule has 17 heavy (non-hydrogen) atoms. The molecule has 0 aliphatic heterocycles. The van der Waals surface area contributed by atoms with Crippen molar-refractivity contribution in [2.75, 3.05) is 13.1 Å². The molecular weight excluding hydrogens is 234 g/mol. The number of rotatable bonds is 4. The van der Waals surface area contributed by atoms with Crippen molar-refractivity contribution in [1.29, 1.82) is 0 Å². The maximum absolute atomic E-state index is 10.7. The number of fused-ring (bicyclic) bond motifs is 2. The Morgan fingerprint density at radius 1 is 1.24 bits per heavy atom. The van der Waals surface area contributed by atoms with Crippen LogP contribution in [0.15, 0.2) is 0 Å². The lowest BCUT2D eigenvalue weighted by Gasteiger charge is -2.24. The molecule has 0 aromatic carbocycles. The minimum atomic E-state index is -0.00113. The molecule has 96 valence electrons. The van der Waals surface area contributed by atoms with Crippen molar-refractivity contribution < 1.29 is 4.79 Å². The highest BCUT2D eigenvalue weighted by molar-refractivity contribution is 7.80. The molecule has 0 heterocycles. The first kappa shape index (κ1) is 12.6. The van der Waals surface area contributed by atoms with Crippen LogP contribution in [-0.4, -0.2) is 30.2 Å². The Bertz CT molecular complexity index is 308. The molecule has 5 heteroatoms. The highest BCUT2D eigenvalue weighted by Crippen LogP contribution is 2.44. The molecule has 4 nitrogen and oxygen atoms in total. The summed E-state index contributed by atoms with van der Waals surface area (Å²) in [7, 11) is 0. The summed E-state index contributed by atoms with van der Waals surface area (Å²) in [6.07, 6.45) is 5.42. The van der Waals surface area contributed by atoms with Gasteiger partial charge in [-0.05, 0) is 43.3 Å². The van der Waals surface area contributed by atoms with Crippen molar-refractivity contribution in [3.05, 3.63) is 0 Å². The van der Waals surface area contributed by atoms with Crippen LogP contribution in [0.1, 0.15) is 32.6 Å². The molecule has 0 saturated heterocycles. The summed E-state index contributed by atoms with van der Waals surface area (Å²) in [6.45, 7) is 2.83. The third-order valence-corrected chi connectivity index (χ3v) is 4.10. The Labute approximate surface area is 108 Å². The number of carbonyl (C=O) groups excluding carboxylic acids is 1. The van der Waals surface area contributed by atoms with Gasteiger partial charge in [-0.15, -0.1) is 0 Å². The van der Waals surface area contributed by atoms with E-state index in [0.717, 1.165) is 16.9 Å². The molecule has 2 fully saturated rings. The summed E-state index contributed by atoms with van der Waals surface area (Å²) >= 11 is 5.25. The van der Waals surface area contributed by atoms with Gasteiger partial charge in [-0.1, -0.05) is 6.42 Å². The van der Waals surface area contributed by atoms with E-state index in [1.165, 1.54) is 32.6 Å². The summed E-state index contributed by atoms with van der Waals surface area (Å²) < 4.78 is 0. The summed E-state index contributed by atoms with van der Waals surface area (Å²) in [6, 6.07) is 0.578. The van der Waals surface area contributed by atoms with E-state index in [9.17, 15) is 4.79 Å². The molecule has 0 aromatic rings. The molecule has 3 unspecified atom stereocenters. The molecule has 0 radical (unpaired) electrons. The van der Waals surface area contributed by atoms with Crippen molar-refractivity contribution in [3.8, 4) is 0 Å². The number of hydrogen-bond acceptors (Lipinski definition) is 2. The summed E-state index contributed by atoms with van der Waals surface area (Å²) in [4.78, 5) is 10.7. The largest absolute Gasteiger partial charge is 0.361 e. The highest BCUT2D eigenvalue weighted by Gasteiger charge is 2.39. The van der Waals surface area contributed by atoms with Gasteiger partial charge in [0.05, 0.1) is 0 Å². The predicted octanol–water partition coefficient (Wildman–Crippen LogP) is 0.775. The van der Waals surface area contributed by atoms with Gasteiger partial charge in [0.25, 0.3) is 0 Å². The van der Waals surface area contributed by atoms with Crippen LogP contribution in [0.5, 0.6) is 0 Å². The van der Waals surface area contributed by atoms with Crippen LogP contribution in [0, 0.1) is 11.8 Å². The normalized spacial score (nSPS) is 30.1. The van der Waals surface area contributed by atoms with Crippen molar-refractivity contribution in [1.82, 2.24) is 16.0 Å². The monoisotopic (exact) mass is 255 g/mol. The fourth-order valence-corrected chi connectivity index (χ4v) is 3.31. The molecule has 0 aromatic heterocycles. The smallest absolute Gasteiger partial charge is 0.216 e. The second-order valence-corrected chi connectivity index (χ2v) is 5.57. The summed E-state index contributed by atoms with van der Waals surface area (Å²) in [5.41, 5.74) is 0. The van der Waals surface area contributed by atoms with Crippen molar-refractivity contribution in [3.63, 3.8) is 0 Å². The minimum Gasteiger partial charge on any atom is -0.361 e. The van der Waals surface area contributed by atoms with E-state index in [2.05, 4.69) is 16.0 Å². The van der Waals surface area contributed by atoms with Gasteiger partial charge in [0.1, 0.15) is 0 Å². The first-order chi connectivity index (χ1) is 8.15. The summed E-state index contributed by atoms with van der Waals surface area (Å²) in [5.74, 6) is 1.76. The maximum Gasteiger partial charge on any atom is 0.216 e. The molecule has 2 saturated carbocycles. The summed E-state index contributed by atoms with van der Waals surface area (Å²) in [5, 5.41) is 10.00. The Hall–Kier alpha value is -0.840. The van der Waals surface area contributed by atoms with Gasteiger partial charge in [0, 0.05) is 26.1 Å². The van der Waals surface area contributed by atoms with E-state index in [4.69, 9.17) is 12.2 Å². The van der Waals surface area contributed by atoms with Gasteiger partial charge in [0.15, 0.2) is 5.11 Å². The first-order valence-corrected chi connectivity index (χ1v) is 6.85. The quantitative estimate of drug-likeness (QED) is 0.513. The molecule has 1 amide bonds. The number of nitrogens with one attached hydrogen (secondary N) is 3. The predicted molar refractivity (Wildman–Crippen MR) is 71.7 cm³/mol. The van der Waals surface area contributed by atoms with Crippen LogP contribution in [0.4, 0.5) is 0 Å². The van der Waals surface area contributed by atoms with E-state index in [1.807, 2.05) is 0 Å². The zero-order valence-corrected chi connectivity index (χ0v) is 11.1. The van der Waals surface area contributed by atoms with Gasteiger partial charge >= 0.3 is 0 Å². The lowest BCUT2D eigenvalue weighted by molar-refractivity contribution is -0.118. The Morgan fingerprint density at radius 3 is 2.59 bits per heavy atom. The number of carbonyl (C=O) groups is 1. The standard InChI is InChI=1S/C12H21N3OS/c1-8(16)13-4-5-14-12(17)15-11-7-9-2-3-10(11)6-9/h9-11H,2-7H2,1H3,(H,13,16)(H2,14,15,17). The van der Waals surface area contributed by atoms with Crippen LogP contribution < -0.4 is 16.0 Å². The van der Waals surface area contributed by atoms with E-state index in [-0.39, 0.29) is 5.91 Å². The number of hydrogen-bond donors (Lipinski definition) is 3. The lowest BCUT2D eigenvalue weighted by atomic mass is 9.96. The third-order valence-electron chi connectivity index (χ3n) is 3.84. The molecule has 2 aliphatic carbocycles. The third kappa shape index (κ3) is 3.56. The molecule has 2 rings (SSSR count). The Balaban J connectivity index is 1.59. The Kier molecular flexibility index (Phi) is 4.20. The highest BCUT2D eigenvalue weighted by atomic mass is 32.1. The van der Waals surface area contributed by atoms with E-state index in [0.29, 0.717) is 19.1 Å². The molecule has 3 atom stereocenters. The zero-order chi connectivity index (χ0) is 12.3. The van der Waals surface area contributed by atoms with Gasteiger partial charge in [0.2, 0.25) is 5.91 Å². The average Bonchev–Trinajstić information content (AvgIpc) is 2.86. The van der Waals surface area contributed by atoms with Crippen LogP contribution in [0.25, 0.3) is 0 Å². The maximum atomic E-state index is 10.7. The van der Waals surface area contributed by atoms with Crippen LogP contribution in [0.2, 0.25) is 0 Å². The topological polar surface area (TPSA) is 53.2 Å². The lowest BCUT2D eigenvalue weighted by Crippen LogP contribution is -2.46. The van der Waals surface area contributed by atoms with Crippen molar-refractivity contribution in [2.24, 2.45) is 11.8 Å². The average molecular weight is 255 g/mol. The van der Waals surface area contributed by atoms with Crippen LogP contribution >= 0.6 is 12.2 Å². The second-order valence-electron chi connectivity index (χ2n) is 5.16. The molecule has 0 spiro atoms. The fraction of sp³-hybridized carbons (Fsp3) is 0.833. The van der Waals surface area contributed by atoms with Gasteiger partial charge in [-0.2, -0.15) is 0 Å². The SMILES string of the molecule is CC(=O)NCCNC(=S)NC1CC2CCC1C2. The minimum absolute atomic E-state index is 0.00113. The van der Waals surface area contributed by atoms with E-state index in [1.54, 1.807) is 0 Å². The first-order valence-electron chi connectivity index (χ1n) is 6.44. The van der Waals surface area contributed by atoms with Gasteiger partial charge < -0.3 is 16.0 Å². The van der Waals surface area contributed by atoms with Crippen molar-refractivity contribution in [2.45, 2.75) is 38.6 Å².